The minimum Gasteiger partial charge on any atom is -0.490 e. The van der Waals surface area contributed by atoms with Crippen molar-refractivity contribution >= 4 is 29.7 Å². The molecule has 0 amide bonds. The summed E-state index contributed by atoms with van der Waals surface area (Å²) >= 11 is 0. The Morgan fingerprint density at radius 1 is 0.925 bits per heavy atom. The zero-order valence-corrected chi connectivity index (χ0v) is 22.1. The lowest BCUT2D eigenvalue weighted by Crippen LogP contribution is -2.37. The van der Waals surface area contributed by atoms with E-state index < -0.39 is 0 Å². The second kappa shape index (κ2) is 13.3. The molecule has 0 unspecified atom stereocenters. The molecule has 1 saturated heterocycles. The Kier molecular flexibility index (Phi) is 8.95. The van der Waals surface area contributed by atoms with Gasteiger partial charge in [-0.2, -0.15) is 20.1 Å². The Morgan fingerprint density at radius 3 is 2.48 bits per heavy atom. The van der Waals surface area contributed by atoms with E-state index in [9.17, 15) is 4.39 Å². The van der Waals surface area contributed by atoms with Gasteiger partial charge in [-0.15, -0.1) is 0 Å². The van der Waals surface area contributed by atoms with E-state index in [1.165, 1.54) is 12.1 Å². The number of aromatic nitrogens is 3. The number of halogens is 1. The Morgan fingerprint density at radius 2 is 1.70 bits per heavy atom. The smallest absolute Gasteiger partial charge is 0.250 e. The van der Waals surface area contributed by atoms with Crippen molar-refractivity contribution in [1.29, 1.82) is 0 Å². The van der Waals surface area contributed by atoms with E-state index in [4.69, 9.17) is 14.2 Å². The fourth-order valence-corrected chi connectivity index (χ4v) is 3.92. The van der Waals surface area contributed by atoms with Crippen LogP contribution >= 0.6 is 0 Å². The minimum absolute atomic E-state index is 0.283. The second-order valence-corrected chi connectivity index (χ2v) is 8.80. The molecule has 4 aromatic rings. The molecule has 40 heavy (non-hydrogen) atoms. The van der Waals surface area contributed by atoms with Crippen LogP contribution in [0.3, 0.4) is 0 Å². The molecule has 11 heteroatoms. The van der Waals surface area contributed by atoms with Crippen molar-refractivity contribution in [2.24, 2.45) is 5.10 Å². The number of hydrazone groups is 1. The van der Waals surface area contributed by atoms with E-state index in [2.05, 4.69) is 35.7 Å². The number of anilines is 4. The minimum atomic E-state index is -0.283. The van der Waals surface area contributed by atoms with Crippen molar-refractivity contribution in [2.75, 3.05) is 48.6 Å². The van der Waals surface area contributed by atoms with Gasteiger partial charge in [-0.05, 0) is 60.5 Å². The van der Waals surface area contributed by atoms with Gasteiger partial charge in [0.05, 0.1) is 26.0 Å². The van der Waals surface area contributed by atoms with Crippen molar-refractivity contribution in [2.45, 2.75) is 13.5 Å². The van der Waals surface area contributed by atoms with Crippen LogP contribution in [0.4, 0.5) is 27.9 Å². The number of para-hydroxylation sites is 1. The van der Waals surface area contributed by atoms with Gasteiger partial charge in [0.25, 0.3) is 0 Å². The Bertz CT molecular complexity index is 1420. The van der Waals surface area contributed by atoms with Gasteiger partial charge in [0.15, 0.2) is 11.5 Å². The summed E-state index contributed by atoms with van der Waals surface area (Å²) in [5.74, 6) is 2.13. The highest BCUT2D eigenvalue weighted by atomic mass is 19.1. The van der Waals surface area contributed by atoms with Gasteiger partial charge >= 0.3 is 0 Å². The van der Waals surface area contributed by atoms with Crippen molar-refractivity contribution in [3.8, 4) is 11.5 Å². The normalized spacial score (nSPS) is 13.3. The summed E-state index contributed by atoms with van der Waals surface area (Å²) in [6, 6.07) is 21.4. The molecule has 3 aromatic carbocycles. The van der Waals surface area contributed by atoms with Crippen molar-refractivity contribution in [3.05, 3.63) is 89.7 Å². The van der Waals surface area contributed by atoms with Crippen LogP contribution in [-0.4, -0.2) is 54.1 Å². The molecule has 0 saturated carbocycles. The molecule has 10 nitrogen and oxygen atoms in total. The first-order valence-electron chi connectivity index (χ1n) is 13.0. The molecule has 206 valence electrons. The van der Waals surface area contributed by atoms with Gasteiger partial charge in [-0.1, -0.05) is 30.3 Å². The van der Waals surface area contributed by atoms with Crippen LogP contribution in [0.1, 0.15) is 18.1 Å². The standard InChI is InChI=1S/C29H30FN7O3/c1-2-39-26-18-22(10-13-25(26)40-20-21-8-11-23(30)12-9-21)19-31-36-28-33-27(32-24-6-4-3-5-7-24)34-29(35-28)37-14-16-38-17-15-37/h3-13,18-19H,2,14-17,20H2,1H3,(H2,32,33,34,35,36)/b31-19-. The maximum atomic E-state index is 13.2. The third-order valence-corrected chi connectivity index (χ3v) is 5.90. The predicted octanol–water partition coefficient (Wildman–Crippen LogP) is 5.01. The van der Waals surface area contributed by atoms with Crippen LogP contribution in [0.5, 0.6) is 11.5 Å². The molecule has 2 heterocycles. The number of morpholine rings is 1. The largest absolute Gasteiger partial charge is 0.490 e. The lowest BCUT2D eigenvalue weighted by molar-refractivity contribution is 0.122. The summed E-state index contributed by atoms with van der Waals surface area (Å²) in [6.07, 6.45) is 1.65. The van der Waals surface area contributed by atoms with Crippen molar-refractivity contribution in [1.82, 2.24) is 15.0 Å². The highest BCUT2D eigenvalue weighted by molar-refractivity contribution is 5.81. The number of rotatable bonds is 11. The molecule has 0 aliphatic carbocycles. The highest BCUT2D eigenvalue weighted by Crippen LogP contribution is 2.29. The number of benzene rings is 3. The summed E-state index contributed by atoms with van der Waals surface area (Å²) in [4.78, 5) is 15.7. The first kappa shape index (κ1) is 26.8. The first-order chi connectivity index (χ1) is 19.7. The number of hydrogen-bond acceptors (Lipinski definition) is 10. The fourth-order valence-electron chi connectivity index (χ4n) is 3.92. The summed E-state index contributed by atoms with van der Waals surface area (Å²) in [5.41, 5.74) is 5.43. The van der Waals surface area contributed by atoms with Crippen LogP contribution in [0, 0.1) is 5.82 Å². The van der Waals surface area contributed by atoms with Crippen molar-refractivity contribution in [3.63, 3.8) is 0 Å². The SMILES string of the molecule is CCOc1cc(/C=N\Nc2nc(Nc3ccccc3)nc(N3CCOCC3)n2)ccc1OCc1ccc(F)cc1. The zero-order chi connectivity index (χ0) is 27.6. The fraction of sp³-hybridized carbons (Fsp3) is 0.241. The molecule has 2 N–H and O–H groups in total. The molecule has 0 spiro atoms. The zero-order valence-electron chi connectivity index (χ0n) is 22.1. The number of ether oxygens (including phenoxy) is 3. The molecule has 0 atom stereocenters. The van der Waals surface area contributed by atoms with Gasteiger partial charge in [0.1, 0.15) is 12.4 Å². The van der Waals surface area contributed by atoms with Crippen LogP contribution < -0.4 is 25.1 Å². The topological polar surface area (TPSA) is 106 Å². The summed E-state index contributed by atoms with van der Waals surface area (Å²) < 4.78 is 30.4. The third-order valence-electron chi connectivity index (χ3n) is 5.90. The Labute approximate surface area is 231 Å². The molecule has 1 aliphatic heterocycles. The van der Waals surface area contributed by atoms with E-state index in [1.807, 2.05) is 55.5 Å². The number of nitrogens with zero attached hydrogens (tertiary/aromatic N) is 5. The third kappa shape index (κ3) is 7.41. The summed E-state index contributed by atoms with van der Waals surface area (Å²) in [5, 5.41) is 7.57. The molecular formula is C29H30FN7O3. The lowest BCUT2D eigenvalue weighted by atomic mass is 10.2. The van der Waals surface area contributed by atoms with E-state index in [1.54, 1.807) is 18.3 Å². The maximum absolute atomic E-state index is 13.2. The van der Waals surface area contributed by atoms with Gasteiger partial charge in [-0.25, -0.2) is 9.82 Å². The second-order valence-electron chi connectivity index (χ2n) is 8.80. The van der Waals surface area contributed by atoms with E-state index in [-0.39, 0.29) is 5.82 Å². The van der Waals surface area contributed by atoms with Gasteiger partial charge in [0.2, 0.25) is 17.8 Å². The average Bonchev–Trinajstić information content (AvgIpc) is 2.99. The monoisotopic (exact) mass is 543 g/mol. The molecular weight excluding hydrogens is 513 g/mol. The quantitative estimate of drug-likeness (QED) is 0.199. The summed E-state index contributed by atoms with van der Waals surface area (Å²) in [7, 11) is 0. The van der Waals surface area contributed by atoms with Crippen molar-refractivity contribution < 1.29 is 18.6 Å². The van der Waals surface area contributed by atoms with Gasteiger partial charge in [-0.3, -0.25) is 0 Å². The molecule has 1 fully saturated rings. The van der Waals surface area contributed by atoms with E-state index in [0.717, 1.165) is 16.8 Å². The van der Waals surface area contributed by atoms with Crippen LogP contribution in [0.2, 0.25) is 0 Å². The van der Waals surface area contributed by atoms with E-state index >= 15 is 0 Å². The van der Waals surface area contributed by atoms with Gasteiger partial charge < -0.3 is 24.4 Å². The van der Waals surface area contributed by atoms with Crippen LogP contribution in [-0.2, 0) is 11.3 Å². The average molecular weight is 544 g/mol. The predicted molar refractivity (Wildman–Crippen MR) is 152 cm³/mol. The molecule has 1 aliphatic rings. The molecule has 0 radical (unpaired) electrons. The first-order valence-corrected chi connectivity index (χ1v) is 13.0. The summed E-state index contributed by atoms with van der Waals surface area (Å²) in [6.45, 7) is 5.26. The Balaban J connectivity index is 1.30. The molecule has 1 aromatic heterocycles. The van der Waals surface area contributed by atoms with Gasteiger partial charge in [0, 0.05) is 18.8 Å². The maximum Gasteiger partial charge on any atom is 0.250 e. The van der Waals surface area contributed by atoms with Crippen LogP contribution in [0.15, 0.2) is 77.9 Å². The van der Waals surface area contributed by atoms with Crippen LogP contribution in [0.25, 0.3) is 0 Å². The molecule has 0 bridgehead atoms. The highest BCUT2D eigenvalue weighted by Gasteiger charge is 2.17. The van der Waals surface area contributed by atoms with E-state index in [0.29, 0.717) is 68.9 Å². The molecule has 5 rings (SSSR count). The number of hydrogen-bond donors (Lipinski definition) is 2. The number of nitrogens with one attached hydrogen (secondary N) is 2. The Hall–Kier alpha value is -4.77. The lowest BCUT2D eigenvalue weighted by Gasteiger charge is -2.27.